The normalized spacial score (nSPS) is 31.1. The Balaban J connectivity index is 1.64. The first-order chi connectivity index (χ1) is 8.76. The summed E-state index contributed by atoms with van der Waals surface area (Å²) in [7, 11) is 0. The molecule has 18 heavy (non-hydrogen) atoms. The predicted molar refractivity (Wildman–Crippen MR) is 71.9 cm³/mol. The summed E-state index contributed by atoms with van der Waals surface area (Å²) in [5.74, 6) is 2.76. The second-order valence-corrected chi connectivity index (χ2v) is 5.98. The number of fused-ring (bicyclic) bond motifs is 1. The van der Waals surface area contributed by atoms with Crippen molar-refractivity contribution in [2.75, 3.05) is 6.54 Å². The molecule has 0 spiro atoms. The Labute approximate surface area is 109 Å². The molecule has 0 amide bonds. The maximum atomic E-state index is 12.9. The number of likely N-dealkylation sites (N-methyl/N-ethyl adjacent to an activating group) is 1. The van der Waals surface area contributed by atoms with Crippen molar-refractivity contribution in [3.05, 3.63) is 35.6 Å². The highest BCUT2D eigenvalue weighted by Gasteiger charge is 2.47. The Morgan fingerprint density at radius 3 is 2.44 bits per heavy atom. The number of halogens is 1. The van der Waals surface area contributed by atoms with Gasteiger partial charge in [0.2, 0.25) is 0 Å². The van der Waals surface area contributed by atoms with Crippen LogP contribution in [-0.2, 0) is 6.42 Å². The van der Waals surface area contributed by atoms with E-state index in [4.69, 9.17) is 0 Å². The van der Waals surface area contributed by atoms with Gasteiger partial charge in [-0.05, 0) is 67.7 Å². The Kier molecular flexibility index (Phi) is 3.38. The summed E-state index contributed by atoms with van der Waals surface area (Å²) >= 11 is 0. The summed E-state index contributed by atoms with van der Waals surface area (Å²) in [6, 6.07) is 7.58. The van der Waals surface area contributed by atoms with Gasteiger partial charge in [0.05, 0.1) is 0 Å². The number of rotatable bonds is 5. The Morgan fingerprint density at radius 1 is 1.17 bits per heavy atom. The van der Waals surface area contributed by atoms with Gasteiger partial charge in [-0.15, -0.1) is 0 Å². The molecule has 2 fully saturated rings. The third kappa shape index (κ3) is 2.59. The largest absolute Gasteiger partial charge is 0.314 e. The van der Waals surface area contributed by atoms with Crippen molar-refractivity contribution in [2.45, 2.75) is 38.6 Å². The first-order valence-corrected chi connectivity index (χ1v) is 7.24. The zero-order valence-electron chi connectivity index (χ0n) is 11.0. The molecule has 3 atom stereocenters. The Hall–Kier alpha value is -0.890. The summed E-state index contributed by atoms with van der Waals surface area (Å²) in [6.07, 6.45) is 5.33. The second kappa shape index (κ2) is 5.00. The molecule has 0 saturated heterocycles. The van der Waals surface area contributed by atoms with Crippen LogP contribution in [0.5, 0.6) is 0 Å². The van der Waals surface area contributed by atoms with E-state index in [1.807, 2.05) is 12.1 Å². The van der Waals surface area contributed by atoms with Gasteiger partial charge < -0.3 is 5.32 Å². The standard InChI is InChI=1S/C16H22FN/c1-2-18-16(14-9-12-8-13(12)10-14)7-11-3-5-15(17)6-4-11/h3-6,12-14,16,18H,2,7-10H2,1H3. The van der Waals surface area contributed by atoms with E-state index in [0.717, 1.165) is 30.7 Å². The van der Waals surface area contributed by atoms with Crippen LogP contribution < -0.4 is 5.32 Å². The molecule has 3 unspecified atom stereocenters. The molecule has 1 aromatic carbocycles. The van der Waals surface area contributed by atoms with Crippen LogP contribution in [0.2, 0.25) is 0 Å². The number of hydrogen-bond donors (Lipinski definition) is 1. The van der Waals surface area contributed by atoms with E-state index >= 15 is 0 Å². The van der Waals surface area contributed by atoms with Gasteiger partial charge in [0.1, 0.15) is 5.82 Å². The summed E-state index contributed by atoms with van der Waals surface area (Å²) in [5.41, 5.74) is 1.25. The highest BCUT2D eigenvalue weighted by Crippen LogP contribution is 2.55. The summed E-state index contributed by atoms with van der Waals surface area (Å²) in [5, 5.41) is 3.64. The van der Waals surface area contributed by atoms with E-state index in [2.05, 4.69) is 12.2 Å². The van der Waals surface area contributed by atoms with Crippen molar-refractivity contribution in [1.29, 1.82) is 0 Å². The molecule has 98 valence electrons. The van der Waals surface area contributed by atoms with Crippen LogP contribution in [0.3, 0.4) is 0 Å². The van der Waals surface area contributed by atoms with Gasteiger partial charge in [-0.1, -0.05) is 19.1 Å². The third-order valence-corrected chi connectivity index (χ3v) is 4.68. The average Bonchev–Trinajstić information content (AvgIpc) is 2.98. The third-order valence-electron chi connectivity index (χ3n) is 4.68. The zero-order valence-corrected chi connectivity index (χ0v) is 11.0. The Bertz CT molecular complexity index is 390. The van der Waals surface area contributed by atoms with Crippen molar-refractivity contribution >= 4 is 0 Å². The zero-order chi connectivity index (χ0) is 12.5. The molecule has 2 heteroatoms. The maximum Gasteiger partial charge on any atom is 0.123 e. The fraction of sp³-hybridized carbons (Fsp3) is 0.625. The molecule has 0 aromatic heterocycles. The molecule has 0 bridgehead atoms. The van der Waals surface area contributed by atoms with Crippen molar-refractivity contribution in [3.63, 3.8) is 0 Å². The first-order valence-electron chi connectivity index (χ1n) is 7.24. The fourth-order valence-electron chi connectivity index (χ4n) is 3.63. The molecule has 0 aliphatic heterocycles. The second-order valence-electron chi connectivity index (χ2n) is 5.98. The van der Waals surface area contributed by atoms with Crippen LogP contribution in [0, 0.1) is 23.6 Å². The van der Waals surface area contributed by atoms with E-state index in [9.17, 15) is 4.39 Å². The molecule has 2 aliphatic carbocycles. The number of benzene rings is 1. The van der Waals surface area contributed by atoms with Gasteiger partial charge in [-0.3, -0.25) is 0 Å². The lowest BCUT2D eigenvalue weighted by Gasteiger charge is -2.25. The molecule has 2 aliphatic rings. The van der Waals surface area contributed by atoms with Gasteiger partial charge in [0, 0.05) is 6.04 Å². The van der Waals surface area contributed by atoms with E-state index in [-0.39, 0.29) is 5.82 Å². The molecule has 1 N–H and O–H groups in total. The van der Waals surface area contributed by atoms with Gasteiger partial charge in [0.15, 0.2) is 0 Å². The van der Waals surface area contributed by atoms with Gasteiger partial charge >= 0.3 is 0 Å². The molecule has 2 saturated carbocycles. The first kappa shape index (κ1) is 12.2. The van der Waals surface area contributed by atoms with Gasteiger partial charge in [-0.25, -0.2) is 4.39 Å². The van der Waals surface area contributed by atoms with Crippen LogP contribution in [-0.4, -0.2) is 12.6 Å². The molecule has 0 heterocycles. The van der Waals surface area contributed by atoms with E-state index in [0.29, 0.717) is 6.04 Å². The van der Waals surface area contributed by atoms with Crippen LogP contribution in [0.25, 0.3) is 0 Å². The number of hydrogen-bond acceptors (Lipinski definition) is 1. The van der Waals surface area contributed by atoms with Crippen LogP contribution in [0.1, 0.15) is 31.7 Å². The lowest BCUT2D eigenvalue weighted by atomic mass is 9.89. The van der Waals surface area contributed by atoms with Crippen LogP contribution in [0.4, 0.5) is 4.39 Å². The fourth-order valence-corrected chi connectivity index (χ4v) is 3.63. The van der Waals surface area contributed by atoms with Crippen molar-refractivity contribution in [2.24, 2.45) is 17.8 Å². The average molecular weight is 247 g/mol. The monoisotopic (exact) mass is 247 g/mol. The van der Waals surface area contributed by atoms with Crippen molar-refractivity contribution in [1.82, 2.24) is 5.32 Å². The van der Waals surface area contributed by atoms with Crippen LogP contribution >= 0.6 is 0 Å². The molecule has 0 radical (unpaired) electrons. The molecular formula is C16H22FN. The SMILES string of the molecule is CCNC(Cc1ccc(F)cc1)C1CC2CC2C1. The molecule has 1 aromatic rings. The van der Waals surface area contributed by atoms with E-state index < -0.39 is 0 Å². The number of nitrogens with one attached hydrogen (secondary N) is 1. The highest BCUT2D eigenvalue weighted by molar-refractivity contribution is 5.18. The van der Waals surface area contributed by atoms with E-state index in [1.54, 1.807) is 12.1 Å². The molecule has 3 rings (SSSR count). The minimum Gasteiger partial charge on any atom is -0.314 e. The molecule has 1 nitrogen and oxygen atoms in total. The lowest BCUT2D eigenvalue weighted by molar-refractivity contribution is 0.337. The van der Waals surface area contributed by atoms with Gasteiger partial charge in [0.25, 0.3) is 0 Å². The molecular weight excluding hydrogens is 225 g/mol. The summed E-state index contributed by atoms with van der Waals surface area (Å²) < 4.78 is 12.9. The van der Waals surface area contributed by atoms with Crippen molar-refractivity contribution in [3.8, 4) is 0 Å². The smallest absolute Gasteiger partial charge is 0.123 e. The maximum absolute atomic E-state index is 12.9. The van der Waals surface area contributed by atoms with Gasteiger partial charge in [-0.2, -0.15) is 0 Å². The van der Waals surface area contributed by atoms with Crippen LogP contribution in [0.15, 0.2) is 24.3 Å². The Morgan fingerprint density at radius 2 is 1.83 bits per heavy atom. The lowest BCUT2D eigenvalue weighted by Crippen LogP contribution is -2.37. The summed E-state index contributed by atoms with van der Waals surface area (Å²) in [6.45, 7) is 3.20. The quantitative estimate of drug-likeness (QED) is 0.841. The van der Waals surface area contributed by atoms with Crippen molar-refractivity contribution < 1.29 is 4.39 Å². The summed E-state index contributed by atoms with van der Waals surface area (Å²) in [4.78, 5) is 0. The van der Waals surface area contributed by atoms with E-state index in [1.165, 1.54) is 24.8 Å². The minimum atomic E-state index is -0.138. The predicted octanol–water partition coefficient (Wildman–Crippen LogP) is 3.39. The highest BCUT2D eigenvalue weighted by atomic mass is 19.1. The minimum absolute atomic E-state index is 0.138. The topological polar surface area (TPSA) is 12.0 Å².